The number of ether oxygens (including phenoxy) is 2. The number of amides is 2. The monoisotopic (exact) mass is 409 g/mol. The number of anilines is 2. The molecule has 4 rings (SSSR count). The van der Waals surface area contributed by atoms with Gasteiger partial charge < -0.3 is 24.2 Å². The van der Waals surface area contributed by atoms with Gasteiger partial charge in [-0.25, -0.2) is 0 Å². The van der Waals surface area contributed by atoms with E-state index in [0.29, 0.717) is 19.6 Å². The minimum Gasteiger partial charge on any atom is -0.497 e. The van der Waals surface area contributed by atoms with E-state index in [1.165, 1.54) is 0 Å². The summed E-state index contributed by atoms with van der Waals surface area (Å²) in [6.07, 6.45) is 0.267. The van der Waals surface area contributed by atoms with E-state index in [1.54, 1.807) is 19.1 Å². The van der Waals surface area contributed by atoms with Crippen molar-refractivity contribution in [2.45, 2.75) is 6.42 Å². The molecule has 0 spiro atoms. The van der Waals surface area contributed by atoms with Crippen molar-refractivity contribution >= 4 is 23.2 Å². The summed E-state index contributed by atoms with van der Waals surface area (Å²) in [6, 6.07) is 15.4. The van der Waals surface area contributed by atoms with Gasteiger partial charge in [0.15, 0.2) is 0 Å². The van der Waals surface area contributed by atoms with Gasteiger partial charge in [0.25, 0.3) is 0 Å². The van der Waals surface area contributed by atoms with Crippen molar-refractivity contribution < 1.29 is 19.1 Å². The molecule has 30 heavy (non-hydrogen) atoms. The van der Waals surface area contributed by atoms with Crippen LogP contribution in [0.5, 0.6) is 11.5 Å². The van der Waals surface area contributed by atoms with Crippen molar-refractivity contribution in [2.75, 3.05) is 56.7 Å². The van der Waals surface area contributed by atoms with Gasteiger partial charge in [-0.05, 0) is 48.5 Å². The van der Waals surface area contributed by atoms with Gasteiger partial charge in [-0.2, -0.15) is 0 Å². The Morgan fingerprint density at radius 2 is 1.37 bits per heavy atom. The molecule has 2 aliphatic heterocycles. The Hall–Kier alpha value is -3.22. The molecule has 0 unspecified atom stereocenters. The molecule has 2 saturated heterocycles. The molecule has 0 aromatic heterocycles. The van der Waals surface area contributed by atoms with Crippen molar-refractivity contribution in [3.63, 3.8) is 0 Å². The molecule has 1 atom stereocenters. The summed E-state index contributed by atoms with van der Waals surface area (Å²) < 4.78 is 10.4. The van der Waals surface area contributed by atoms with Crippen LogP contribution < -0.4 is 19.3 Å². The molecule has 2 aliphatic rings. The highest BCUT2D eigenvalue weighted by Crippen LogP contribution is 2.28. The molecule has 0 aliphatic carbocycles. The van der Waals surface area contributed by atoms with E-state index in [2.05, 4.69) is 4.90 Å². The molecule has 158 valence electrons. The van der Waals surface area contributed by atoms with E-state index < -0.39 is 0 Å². The predicted molar refractivity (Wildman–Crippen MR) is 115 cm³/mol. The fourth-order valence-electron chi connectivity index (χ4n) is 4.12. The summed E-state index contributed by atoms with van der Waals surface area (Å²) in [4.78, 5) is 31.4. The average molecular weight is 409 g/mol. The first-order valence-corrected chi connectivity index (χ1v) is 10.2. The van der Waals surface area contributed by atoms with Crippen LogP contribution in [0.3, 0.4) is 0 Å². The molecule has 0 N–H and O–H groups in total. The second-order valence-electron chi connectivity index (χ2n) is 7.61. The summed E-state index contributed by atoms with van der Waals surface area (Å²) in [5.41, 5.74) is 1.94. The summed E-state index contributed by atoms with van der Waals surface area (Å²) in [6.45, 7) is 3.32. The average Bonchev–Trinajstić information content (AvgIpc) is 3.20. The topological polar surface area (TPSA) is 62.3 Å². The smallest absolute Gasteiger partial charge is 0.228 e. The first-order valence-electron chi connectivity index (χ1n) is 10.2. The van der Waals surface area contributed by atoms with Crippen LogP contribution in [0.15, 0.2) is 48.5 Å². The van der Waals surface area contributed by atoms with Crippen molar-refractivity contribution in [1.29, 1.82) is 0 Å². The van der Waals surface area contributed by atoms with E-state index >= 15 is 0 Å². The van der Waals surface area contributed by atoms with Gasteiger partial charge in [-0.1, -0.05) is 0 Å². The zero-order valence-corrected chi connectivity index (χ0v) is 17.4. The largest absolute Gasteiger partial charge is 0.497 e. The number of methoxy groups -OCH3 is 2. The molecule has 7 nitrogen and oxygen atoms in total. The summed E-state index contributed by atoms with van der Waals surface area (Å²) in [7, 11) is 3.27. The maximum atomic E-state index is 13.0. The third-order valence-electron chi connectivity index (χ3n) is 5.89. The minimum absolute atomic E-state index is 0.00427. The predicted octanol–water partition coefficient (Wildman–Crippen LogP) is 2.41. The van der Waals surface area contributed by atoms with Crippen LogP contribution in [0.1, 0.15) is 6.42 Å². The van der Waals surface area contributed by atoms with Gasteiger partial charge >= 0.3 is 0 Å². The molecular formula is C23H27N3O4. The summed E-state index contributed by atoms with van der Waals surface area (Å²) in [5, 5.41) is 0. The molecule has 0 bridgehead atoms. The Bertz CT molecular complexity index is 890. The molecule has 0 saturated carbocycles. The van der Waals surface area contributed by atoms with Crippen LogP contribution in [-0.2, 0) is 9.59 Å². The fraction of sp³-hybridized carbons (Fsp3) is 0.391. The summed E-state index contributed by atoms with van der Waals surface area (Å²) in [5.74, 6) is 1.36. The molecule has 2 aromatic rings. The van der Waals surface area contributed by atoms with Crippen LogP contribution in [0, 0.1) is 5.92 Å². The first-order chi connectivity index (χ1) is 14.6. The molecule has 2 aromatic carbocycles. The van der Waals surface area contributed by atoms with E-state index in [4.69, 9.17) is 9.47 Å². The lowest BCUT2D eigenvalue weighted by molar-refractivity contribution is -0.136. The maximum absolute atomic E-state index is 13.0. The number of piperazine rings is 1. The lowest BCUT2D eigenvalue weighted by Gasteiger charge is -2.37. The Balaban J connectivity index is 1.34. The molecular weight excluding hydrogens is 382 g/mol. The standard InChI is InChI=1S/C23H27N3O4/c1-29-20-7-3-18(4-8-20)24-11-13-25(14-12-24)23(28)17-15-22(27)26(16-17)19-5-9-21(30-2)10-6-19/h3-10,17H,11-16H2,1-2H3/t17-/m0/s1. The van der Waals surface area contributed by atoms with Gasteiger partial charge in [0.2, 0.25) is 11.8 Å². The third kappa shape index (κ3) is 4.06. The zero-order valence-electron chi connectivity index (χ0n) is 17.4. The van der Waals surface area contributed by atoms with Crippen LogP contribution in [0.2, 0.25) is 0 Å². The lowest BCUT2D eigenvalue weighted by Crippen LogP contribution is -2.50. The van der Waals surface area contributed by atoms with Gasteiger partial charge in [0.05, 0.1) is 20.1 Å². The number of rotatable bonds is 5. The lowest BCUT2D eigenvalue weighted by atomic mass is 10.1. The van der Waals surface area contributed by atoms with Crippen LogP contribution in [0.4, 0.5) is 11.4 Å². The SMILES string of the molecule is COc1ccc(N2CCN(C(=O)[C@H]3CC(=O)N(c4ccc(OC)cc4)C3)CC2)cc1. The first kappa shape index (κ1) is 20.1. The minimum atomic E-state index is -0.285. The van der Waals surface area contributed by atoms with Gasteiger partial charge in [-0.3, -0.25) is 9.59 Å². The van der Waals surface area contributed by atoms with Crippen molar-refractivity contribution in [3.05, 3.63) is 48.5 Å². The van der Waals surface area contributed by atoms with Crippen molar-refractivity contribution in [1.82, 2.24) is 4.90 Å². The Kier molecular flexibility index (Phi) is 5.79. The van der Waals surface area contributed by atoms with Gasteiger partial charge in [-0.15, -0.1) is 0 Å². The second-order valence-corrected chi connectivity index (χ2v) is 7.61. The van der Waals surface area contributed by atoms with E-state index in [1.807, 2.05) is 53.4 Å². The number of nitrogens with zero attached hydrogens (tertiary/aromatic N) is 3. The number of carbonyl (C=O) groups excluding carboxylic acids is 2. The second kappa shape index (κ2) is 8.65. The molecule has 7 heteroatoms. The van der Waals surface area contributed by atoms with E-state index in [-0.39, 0.29) is 24.2 Å². The fourth-order valence-corrected chi connectivity index (χ4v) is 4.12. The van der Waals surface area contributed by atoms with Crippen molar-refractivity contribution in [2.24, 2.45) is 5.92 Å². The molecule has 2 amide bonds. The number of benzene rings is 2. The highest BCUT2D eigenvalue weighted by atomic mass is 16.5. The Morgan fingerprint density at radius 1 is 0.833 bits per heavy atom. The van der Waals surface area contributed by atoms with Crippen molar-refractivity contribution in [3.8, 4) is 11.5 Å². The van der Waals surface area contributed by atoms with Crippen LogP contribution in [0.25, 0.3) is 0 Å². The normalized spacial score (nSPS) is 19.2. The Labute approximate surface area is 176 Å². The van der Waals surface area contributed by atoms with Crippen LogP contribution >= 0.6 is 0 Å². The summed E-state index contributed by atoms with van der Waals surface area (Å²) >= 11 is 0. The number of hydrogen-bond donors (Lipinski definition) is 0. The van der Waals surface area contributed by atoms with Gasteiger partial charge in [0, 0.05) is 50.5 Å². The quantitative estimate of drug-likeness (QED) is 0.759. The van der Waals surface area contributed by atoms with E-state index in [0.717, 1.165) is 36.0 Å². The highest BCUT2D eigenvalue weighted by Gasteiger charge is 2.38. The van der Waals surface area contributed by atoms with Crippen LogP contribution in [-0.4, -0.2) is 63.7 Å². The number of hydrogen-bond acceptors (Lipinski definition) is 5. The maximum Gasteiger partial charge on any atom is 0.228 e. The molecule has 2 fully saturated rings. The zero-order chi connectivity index (χ0) is 21.1. The molecule has 0 radical (unpaired) electrons. The third-order valence-corrected chi connectivity index (χ3v) is 5.89. The Morgan fingerprint density at radius 3 is 1.90 bits per heavy atom. The van der Waals surface area contributed by atoms with E-state index in [9.17, 15) is 9.59 Å². The molecule has 2 heterocycles. The number of carbonyl (C=O) groups is 2. The van der Waals surface area contributed by atoms with Gasteiger partial charge in [0.1, 0.15) is 11.5 Å². The highest BCUT2D eigenvalue weighted by molar-refractivity contribution is 6.00.